The molecule has 0 aliphatic carbocycles. The van der Waals surface area contributed by atoms with E-state index in [0.29, 0.717) is 25.9 Å². The molecular formula is C44H76N2O11Si. The van der Waals surface area contributed by atoms with Crippen molar-refractivity contribution in [3.05, 3.63) is 12.7 Å². The van der Waals surface area contributed by atoms with Gasteiger partial charge in [0.1, 0.15) is 17.9 Å². The van der Waals surface area contributed by atoms with Gasteiger partial charge in [-0.15, -0.1) is 6.58 Å². The van der Waals surface area contributed by atoms with E-state index in [1.165, 1.54) is 6.92 Å². The molecule has 4 fully saturated rings. The molecule has 4 aliphatic heterocycles. The van der Waals surface area contributed by atoms with E-state index < -0.39 is 103 Å². The lowest BCUT2D eigenvalue weighted by Crippen LogP contribution is -2.62. The van der Waals surface area contributed by atoms with Crippen LogP contribution in [0.3, 0.4) is 0 Å². The number of hydrogen-bond donors (Lipinski definition) is 0. The fraction of sp³-hybridized carbons (Fsp3) is 0.864. The molecule has 0 aromatic carbocycles. The van der Waals surface area contributed by atoms with Crippen molar-refractivity contribution in [1.82, 2.24) is 9.80 Å². The van der Waals surface area contributed by atoms with Crippen LogP contribution in [0.2, 0.25) is 18.1 Å². The molecular weight excluding hydrogens is 761 g/mol. The van der Waals surface area contributed by atoms with Gasteiger partial charge >= 0.3 is 17.9 Å². The Hall–Kier alpha value is -2.20. The van der Waals surface area contributed by atoms with Crippen molar-refractivity contribution in [1.29, 1.82) is 0 Å². The Morgan fingerprint density at radius 2 is 1.62 bits per heavy atom. The van der Waals surface area contributed by atoms with Gasteiger partial charge < -0.3 is 37.7 Å². The fourth-order valence-electron chi connectivity index (χ4n) is 11.2. The Balaban J connectivity index is 1.98. The molecule has 14 heteroatoms. The number of ether oxygens (including phenoxy) is 6. The molecule has 4 aliphatic rings. The van der Waals surface area contributed by atoms with Crippen LogP contribution in [0.5, 0.6) is 0 Å². The quantitative estimate of drug-likeness (QED) is 0.0905. The third-order valence-corrected chi connectivity index (χ3v) is 19.2. The first-order valence-corrected chi connectivity index (χ1v) is 24.3. The second kappa shape index (κ2) is 18.8. The number of ketones is 1. The first-order valence-electron chi connectivity index (χ1n) is 21.8. The minimum atomic E-state index is -2.42. The smallest absolute Gasteiger partial charge is 0.324 e. The molecule has 0 radical (unpaired) electrons. The summed E-state index contributed by atoms with van der Waals surface area (Å²) in [7, 11) is 3.08. The van der Waals surface area contributed by atoms with Gasteiger partial charge in [0, 0.05) is 50.3 Å². The Bertz CT molecular complexity index is 1480. The van der Waals surface area contributed by atoms with Gasteiger partial charge in [-0.2, -0.15) is 0 Å². The van der Waals surface area contributed by atoms with E-state index in [1.54, 1.807) is 13.2 Å². The third-order valence-electron chi connectivity index (χ3n) is 14.5. The number of hydrogen-bond acceptors (Lipinski definition) is 13. The van der Waals surface area contributed by atoms with Gasteiger partial charge in [-0.3, -0.25) is 24.1 Å². The predicted octanol–water partition coefficient (Wildman–Crippen LogP) is 6.18. The summed E-state index contributed by atoms with van der Waals surface area (Å²) in [5.41, 5.74) is -3.52. The number of nitrogens with zero attached hydrogens (tertiary/aromatic N) is 2. The van der Waals surface area contributed by atoms with Gasteiger partial charge in [0.05, 0.1) is 35.9 Å². The van der Waals surface area contributed by atoms with Crippen molar-refractivity contribution in [2.45, 2.75) is 181 Å². The number of esters is 3. The van der Waals surface area contributed by atoms with Crippen LogP contribution in [0.4, 0.5) is 0 Å². The average molecular weight is 837 g/mol. The molecule has 0 saturated carbocycles. The second-order valence-corrected chi connectivity index (χ2v) is 23.4. The van der Waals surface area contributed by atoms with Crippen LogP contribution in [0.15, 0.2) is 12.7 Å². The normalized spacial score (nSPS) is 41.8. The Morgan fingerprint density at radius 3 is 2.14 bits per heavy atom. The monoisotopic (exact) mass is 837 g/mol. The number of methoxy groups -OCH3 is 1. The fourth-order valence-corrected chi connectivity index (χ4v) is 14.2. The van der Waals surface area contributed by atoms with E-state index in [9.17, 15) is 14.4 Å². The maximum atomic E-state index is 15.3. The van der Waals surface area contributed by atoms with Crippen molar-refractivity contribution >= 4 is 32.0 Å². The van der Waals surface area contributed by atoms with E-state index in [-0.39, 0.29) is 24.3 Å². The van der Waals surface area contributed by atoms with Crippen LogP contribution in [-0.2, 0) is 52.0 Å². The molecule has 4 heterocycles. The highest BCUT2D eigenvalue weighted by Gasteiger charge is 2.71. The third kappa shape index (κ3) is 9.04. The Kier molecular flexibility index (Phi) is 15.7. The molecule has 58 heavy (non-hydrogen) atoms. The van der Waals surface area contributed by atoms with Crippen molar-refractivity contribution in [3.8, 4) is 0 Å². The topological polar surface area (TPSA) is 139 Å². The summed E-state index contributed by atoms with van der Waals surface area (Å²) in [5, 5.41) is 0. The van der Waals surface area contributed by atoms with Crippen LogP contribution in [0.25, 0.3) is 0 Å². The number of carbonyl (C=O) groups excluding carboxylic acids is 4. The number of likely N-dealkylation sites (tertiary alicyclic amines) is 1. The van der Waals surface area contributed by atoms with Crippen molar-refractivity contribution in [2.24, 2.45) is 29.1 Å². The highest BCUT2D eigenvalue weighted by atomic mass is 28.4. The van der Waals surface area contributed by atoms with Crippen molar-refractivity contribution in [2.75, 3.05) is 34.3 Å². The molecule has 4 rings (SSSR count). The summed E-state index contributed by atoms with van der Waals surface area (Å²) in [6.45, 7) is 27.8. The van der Waals surface area contributed by atoms with E-state index in [0.717, 1.165) is 18.1 Å². The molecule has 0 amide bonds. The zero-order valence-electron chi connectivity index (χ0n) is 38.3. The lowest BCUT2D eigenvalue weighted by Gasteiger charge is -2.50. The van der Waals surface area contributed by atoms with E-state index in [4.69, 9.17) is 32.8 Å². The molecule has 0 aromatic heterocycles. The summed E-state index contributed by atoms with van der Waals surface area (Å²) in [6, 6.07) is 1.57. The zero-order chi connectivity index (χ0) is 43.7. The molecule has 0 bridgehead atoms. The van der Waals surface area contributed by atoms with Crippen LogP contribution in [-0.4, -0.2) is 136 Å². The standard InChI is InChI=1S/C44H76N2O11Si/c1-17-22-46-25-42(11)36-33(46)40(50)56-44(36,13)32(18-2)54-39(49)29(9)34(57-58(19-3,20-4)21-5)28(8)38(43(12,51-16)24-26(6)37(42)48)55-41-35(53-30(10)47)31(45(14)15)23-27(7)52-41/h17,26-29,31-36,38,41H,1,18-25H2,2-16H3/t26-,27-,28+,29-,31+,32?,33+,34+,35-,36-,38-,41+,42-,43-,44-/m1/s1. The molecule has 15 atom stereocenters. The van der Waals surface area contributed by atoms with Crippen molar-refractivity contribution in [3.63, 3.8) is 0 Å². The van der Waals surface area contributed by atoms with Crippen LogP contribution in [0, 0.1) is 29.1 Å². The van der Waals surface area contributed by atoms with Crippen LogP contribution < -0.4 is 0 Å². The maximum Gasteiger partial charge on any atom is 0.324 e. The molecule has 332 valence electrons. The number of carbonyl (C=O) groups is 4. The van der Waals surface area contributed by atoms with Gasteiger partial charge in [0.2, 0.25) is 0 Å². The van der Waals surface area contributed by atoms with Crippen LogP contribution in [0.1, 0.15) is 102 Å². The van der Waals surface area contributed by atoms with Crippen molar-refractivity contribution < 1.29 is 52.0 Å². The summed E-state index contributed by atoms with van der Waals surface area (Å²) < 4.78 is 46.5. The first kappa shape index (κ1) is 48.5. The summed E-state index contributed by atoms with van der Waals surface area (Å²) in [5.74, 6) is -3.94. The van der Waals surface area contributed by atoms with Gasteiger partial charge in [0.25, 0.3) is 0 Å². The summed E-state index contributed by atoms with van der Waals surface area (Å²) >= 11 is 0. The minimum absolute atomic E-state index is 0.0463. The molecule has 0 aromatic rings. The van der Waals surface area contributed by atoms with Gasteiger partial charge in [-0.1, -0.05) is 54.5 Å². The Labute approximate surface area is 349 Å². The highest BCUT2D eigenvalue weighted by Crippen LogP contribution is 2.56. The highest BCUT2D eigenvalue weighted by molar-refractivity contribution is 6.73. The molecule has 1 unspecified atom stereocenters. The summed E-state index contributed by atoms with van der Waals surface area (Å²) in [6.07, 6.45) is -1.48. The molecule has 13 nitrogen and oxygen atoms in total. The molecule has 0 N–H and O–H groups in total. The van der Waals surface area contributed by atoms with Gasteiger partial charge in [-0.25, -0.2) is 0 Å². The number of cyclic esters (lactones) is 1. The largest absolute Gasteiger partial charge is 0.458 e. The molecule has 4 saturated heterocycles. The van der Waals surface area contributed by atoms with E-state index in [2.05, 4.69) is 27.4 Å². The van der Waals surface area contributed by atoms with Crippen LogP contribution >= 0.6 is 0 Å². The summed E-state index contributed by atoms with van der Waals surface area (Å²) in [4.78, 5) is 60.7. The lowest BCUT2D eigenvalue weighted by atomic mass is 9.62. The van der Waals surface area contributed by atoms with E-state index in [1.807, 2.05) is 79.3 Å². The van der Waals surface area contributed by atoms with Gasteiger partial charge in [0.15, 0.2) is 26.3 Å². The van der Waals surface area contributed by atoms with E-state index >= 15 is 4.79 Å². The zero-order valence-corrected chi connectivity index (χ0v) is 39.3. The second-order valence-electron chi connectivity index (χ2n) is 18.7. The number of rotatable bonds is 13. The number of likely N-dealkylation sites (N-methyl/N-ethyl adjacent to an activating group) is 1. The predicted molar refractivity (Wildman–Crippen MR) is 223 cm³/mol. The number of Topliss-reactive ketones (excluding diaryl/α,β-unsaturated/α-hetero) is 1. The molecule has 0 spiro atoms. The SMILES string of the molecule is C=CCN1C[C@@]2(C)C(=O)[C@H](C)C[C@@](C)(OC)[C@H](O[C@@H]3O[C@H](C)C[C@H](N(C)C)[C@H]3OC(C)=O)[C@@H](C)[C@H](O[Si](CC)(CC)CC)[C@@H](C)C(=O)OC(CC)[C@@]3(C)OC(=O)[C@@H]1[C@H]23. The van der Waals surface area contributed by atoms with Gasteiger partial charge in [-0.05, 0) is 79.2 Å². The maximum absolute atomic E-state index is 15.3. The lowest BCUT2D eigenvalue weighted by molar-refractivity contribution is -0.303. The first-order chi connectivity index (χ1) is 27.1. The average Bonchev–Trinajstić information content (AvgIpc) is 3.64. The Morgan fingerprint density at radius 1 is 1.00 bits per heavy atom. The minimum Gasteiger partial charge on any atom is -0.458 e.